The van der Waals surface area contributed by atoms with Gasteiger partial charge in [-0.05, 0) is 24.0 Å². The van der Waals surface area contributed by atoms with Gasteiger partial charge in [-0.2, -0.15) is 0 Å². The van der Waals surface area contributed by atoms with Gasteiger partial charge in [-0.1, -0.05) is 22.8 Å². The zero-order valence-electron chi connectivity index (χ0n) is 6.50. The molecule has 1 aromatic rings. The monoisotopic (exact) mass is 168 g/mol. The van der Waals surface area contributed by atoms with Crippen LogP contribution < -0.4 is 5.73 Å². The third-order valence-electron chi connectivity index (χ3n) is 1.51. The summed E-state index contributed by atoms with van der Waals surface area (Å²) < 4.78 is 7.44. The Kier molecular flexibility index (Phi) is 2.79. The van der Waals surface area contributed by atoms with Gasteiger partial charge < -0.3 is 5.73 Å². The summed E-state index contributed by atoms with van der Waals surface area (Å²) in [5.41, 5.74) is 6.56. The van der Waals surface area contributed by atoms with Crippen LogP contribution in [0.4, 0.5) is 0 Å². The quantitative estimate of drug-likeness (QED) is 0.691. The van der Waals surface area contributed by atoms with E-state index in [2.05, 4.69) is 0 Å². The number of benzene rings is 1. The van der Waals surface area contributed by atoms with Gasteiger partial charge in [0, 0.05) is 11.4 Å². The molecule has 1 unspecified atom stereocenters. The Bertz CT molecular complexity index is 253. The molecule has 0 amide bonds. The first kappa shape index (κ1) is 8.43. The summed E-state index contributed by atoms with van der Waals surface area (Å²) in [5.74, 6) is 0. The highest BCUT2D eigenvalue weighted by Gasteiger charge is 1.92. The van der Waals surface area contributed by atoms with Crippen molar-refractivity contribution in [3.05, 3.63) is 29.8 Å². The van der Waals surface area contributed by atoms with E-state index in [1.165, 1.54) is 0 Å². The maximum Gasteiger partial charge on any atom is 0.0179 e. The Morgan fingerprint density at radius 2 is 1.91 bits per heavy atom. The molecule has 0 aliphatic rings. The smallest absolute Gasteiger partial charge is 0.0179 e. The van der Waals surface area contributed by atoms with E-state index in [1.807, 2.05) is 30.5 Å². The average molecular weight is 168 g/mol. The lowest BCUT2D eigenvalue weighted by molar-refractivity contribution is 1.07. The molecule has 3 N–H and O–H groups in total. The van der Waals surface area contributed by atoms with Crippen LogP contribution in [0.5, 0.6) is 0 Å². The number of nitrogens with one attached hydrogen (secondary N) is 1. The molecule has 0 aliphatic heterocycles. The van der Waals surface area contributed by atoms with Crippen molar-refractivity contribution in [1.82, 2.24) is 0 Å². The predicted molar refractivity (Wildman–Crippen MR) is 48.6 cm³/mol. The van der Waals surface area contributed by atoms with Crippen LogP contribution >= 0.6 is 0 Å². The van der Waals surface area contributed by atoms with Crippen molar-refractivity contribution in [2.75, 3.05) is 6.26 Å². The summed E-state index contributed by atoms with van der Waals surface area (Å²) in [5, 5.41) is 0. The number of hydrogen-bond donors (Lipinski definition) is 2. The van der Waals surface area contributed by atoms with Crippen LogP contribution in [0.2, 0.25) is 0 Å². The van der Waals surface area contributed by atoms with Crippen LogP contribution in [0.3, 0.4) is 0 Å². The maximum atomic E-state index is 7.44. The third kappa shape index (κ3) is 2.13. The van der Waals surface area contributed by atoms with Crippen molar-refractivity contribution in [1.29, 1.82) is 4.78 Å². The fraction of sp³-hybridized carbons (Fsp3) is 0.250. The van der Waals surface area contributed by atoms with Gasteiger partial charge in [0.05, 0.1) is 0 Å². The largest absolute Gasteiger partial charge is 0.326 e. The first-order valence-electron chi connectivity index (χ1n) is 3.40. The molecule has 2 nitrogen and oxygen atoms in total. The normalized spacial score (nSPS) is 12.9. The van der Waals surface area contributed by atoms with E-state index in [4.69, 9.17) is 10.5 Å². The Balaban J connectivity index is 2.91. The Morgan fingerprint density at radius 3 is 2.27 bits per heavy atom. The fourth-order valence-corrected chi connectivity index (χ4v) is 1.37. The second-order valence-electron chi connectivity index (χ2n) is 2.36. The summed E-state index contributed by atoms with van der Waals surface area (Å²) in [6.45, 7) is 0.579. The van der Waals surface area contributed by atoms with E-state index >= 15 is 0 Å². The lowest BCUT2D eigenvalue weighted by atomic mass is 10.2. The molecule has 1 rings (SSSR count). The summed E-state index contributed by atoms with van der Waals surface area (Å²) in [7, 11) is -0.380. The molecule has 0 aromatic heterocycles. The number of nitrogens with two attached hydrogens (primary N) is 1. The number of rotatable bonds is 2. The van der Waals surface area contributed by atoms with Crippen LogP contribution in [-0.4, -0.2) is 6.26 Å². The minimum Gasteiger partial charge on any atom is -0.326 e. The van der Waals surface area contributed by atoms with Crippen molar-refractivity contribution in [2.24, 2.45) is 5.73 Å². The van der Waals surface area contributed by atoms with Crippen LogP contribution in [0, 0.1) is 4.78 Å². The second kappa shape index (κ2) is 3.64. The van der Waals surface area contributed by atoms with Crippen LogP contribution in [0.1, 0.15) is 5.56 Å². The number of hydrogen-bond acceptors (Lipinski definition) is 2. The van der Waals surface area contributed by atoms with Gasteiger partial charge in [0.2, 0.25) is 0 Å². The zero-order valence-corrected chi connectivity index (χ0v) is 7.32. The molecule has 1 atom stereocenters. The molecular weight excluding hydrogens is 156 g/mol. The van der Waals surface area contributed by atoms with Crippen molar-refractivity contribution < 1.29 is 0 Å². The summed E-state index contributed by atoms with van der Waals surface area (Å²) in [6, 6.07) is 7.90. The lowest BCUT2D eigenvalue weighted by Crippen LogP contribution is -1.96. The SMILES string of the molecule is CS(=N)c1ccc(CN)cc1. The molecule has 0 fully saturated rings. The Hall–Kier alpha value is -0.670. The van der Waals surface area contributed by atoms with Gasteiger partial charge in [0.15, 0.2) is 0 Å². The molecule has 1 aromatic carbocycles. The van der Waals surface area contributed by atoms with Crippen LogP contribution in [0.15, 0.2) is 29.2 Å². The standard InChI is InChI=1S/C8H12N2S/c1-11(10)8-4-2-7(6-9)3-5-8/h2-5,10H,6,9H2,1H3. The molecule has 60 valence electrons. The van der Waals surface area contributed by atoms with Crippen LogP contribution in [0.25, 0.3) is 0 Å². The van der Waals surface area contributed by atoms with E-state index in [1.54, 1.807) is 0 Å². The van der Waals surface area contributed by atoms with E-state index in [0.29, 0.717) is 6.54 Å². The van der Waals surface area contributed by atoms with Crippen molar-refractivity contribution in [2.45, 2.75) is 11.4 Å². The minimum absolute atomic E-state index is 0.380. The molecule has 0 radical (unpaired) electrons. The van der Waals surface area contributed by atoms with Gasteiger partial charge in [-0.15, -0.1) is 0 Å². The van der Waals surface area contributed by atoms with E-state index in [0.717, 1.165) is 10.5 Å². The molecular formula is C8H12N2S. The van der Waals surface area contributed by atoms with Crippen molar-refractivity contribution in [3.63, 3.8) is 0 Å². The summed E-state index contributed by atoms with van der Waals surface area (Å²) in [6.07, 6.45) is 1.89. The molecule has 0 saturated carbocycles. The Labute approximate surface area is 69.3 Å². The fourth-order valence-electron chi connectivity index (χ4n) is 0.830. The first-order valence-corrected chi connectivity index (χ1v) is 5.03. The Morgan fingerprint density at radius 1 is 1.36 bits per heavy atom. The highest BCUT2D eigenvalue weighted by molar-refractivity contribution is 7.85. The zero-order chi connectivity index (χ0) is 8.27. The van der Waals surface area contributed by atoms with Crippen LogP contribution in [-0.2, 0) is 17.2 Å². The lowest BCUT2D eigenvalue weighted by Gasteiger charge is -1.99. The van der Waals surface area contributed by atoms with E-state index in [9.17, 15) is 0 Å². The van der Waals surface area contributed by atoms with Gasteiger partial charge in [-0.25, -0.2) is 0 Å². The van der Waals surface area contributed by atoms with Gasteiger partial charge >= 0.3 is 0 Å². The molecule has 11 heavy (non-hydrogen) atoms. The van der Waals surface area contributed by atoms with Gasteiger partial charge in [-0.3, -0.25) is 4.78 Å². The molecule has 0 bridgehead atoms. The average Bonchev–Trinajstić information content (AvgIpc) is 2.05. The van der Waals surface area contributed by atoms with E-state index in [-0.39, 0.29) is 10.7 Å². The van der Waals surface area contributed by atoms with Crippen molar-refractivity contribution >= 4 is 10.7 Å². The van der Waals surface area contributed by atoms with Crippen molar-refractivity contribution in [3.8, 4) is 0 Å². The van der Waals surface area contributed by atoms with E-state index < -0.39 is 0 Å². The maximum absolute atomic E-state index is 7.44. The van der Waals surface area contributed by atoms with Gasteiger partial charge in [0.1, 0.15) is 0 Å². The molecule has 0 saturated heterocycles. The van der Waals surface area contributed by atoms with Gasteiger partial charge in [0.25, 0.3) is 0 Å². The molecule has 0 heterocycles. The molecule has 0 spiro atoms. The highest BCUT2D eigenvalue weighted by Crippen LogP contribution is 2.06. The minimum atomic E-state index is -0.380. The predicted octanol–water partition coefficient (Wildman–Crippen LogP) is 1.51. The second-order valence-corrected chi connectivity index (χ2v) is 3.85. The molecule has 0 aliphatic carbocycles. The summed E-state index contributed by atoms with van der Waals surface area (Å²) >= 11 is 0. The highest BCUT2D eigenvalue weighted by atomic mass is 32.2. The first-order chi connectivity index (χ1) is 5.24. The topological polar surface area (TPSA) is 49.9 Å². The molecule has 3 heteroatoms. The third-order valence-corrected chi connectivity index (χ3v) is 2.49. The summed E-state index contributed by atoms with van der Waals surface area (Å²) in [4.78, 5) is 1.07.